The molecular weight excluding hydrogens is 371 g/mol. The first kappa shape index (κ1) is 14.6. The van der Waals surface area contributed by atoms with Crippen LogP contribution in [0.2, 0.25) is 0 Å². The summed E-state index contributed by atoms with van der Waals surface area (Å²) in [5, 5.41) is 9.28. The molecule has 0 radical (unpaired) electrons. The molecule has 0 aliphatic heterocycles. The average Bonchev–Trinajstić information content (AvgIpc) is 2.45. The van der Waals surface area contributed by atoms with Gasteiger partial charge in [-0.2, -0.15) is 0 Å². The van der Waals surface area contributed by atoms with E-state index in [1.807, 2.05) is 52.9 Å². The van der Waals surface area contributed by atoms with Crippen LogP contribution < -0.4 is 9.47 Å². The Morgan fingerprint density at radius 3 is 2.55 bits per heavy atom. The molecule has 104 valence electrons. The van der Waals surface area contributed by atoms with Gasteiger partial charge in [-0.1, -0.05) is 30.3 Å². The lowest BCUT2D eigenvalue weighted by Gasteiger charge is -2.12. The summed E-state index contributed by atoms with van der Waals surface area (Å²) < 4.78 is 11.4. The fraction of sp³-hybridized carbons (Fsp3) is 0.133. The van der Waals surface area contributed by atoms with E-state index in [2.05, 4.69) is 0 Å². The smallest absolute Gasteiger partial charge is 0.340 e. The number of hydrogen-bond donors (Lipinski definition) is 1. The minimum atomic E-state index is -1.01. The van der Waals surface area contributed by atoms with Crippen LogP contribution in [0.15, 0.2) is 42.5 Å². The molecule has 0 aliphatic carbocycles. The Hall–Kier alpha value is -1.76. The number of ether oxygens (including phenoxy) is 2. The summed E-state index contributed by atoms with van der Waals surface area (Å²) in [5.41, 5.74) is 1.13. The molecular formula is C15H13IO4. The molecule has 1 N–H and O–H groups in total. The van der Waals surface area contributed by atoms with Gasteiger partial charge in [0.15, 0.2) is 0 Å². The van der Waals surface area contributed by atoms with E-state index in [-0.39, 0.29) is 5.56 Å². The molecule has 0 fully saturated rings. The molecule has 0 bridgehead atoms. The molecule has 20 heavy (non-hydrogen) atoms. The quantitative estimate of drug-likeness (QED) is 0.801. The molecule has 4 nitrogen and oxygen atoms in total. The average molecular weight is 384 g/mol. The number of rotatable bonds is 5. The van der Waals surface area contributed by atoms with Gasteiger partial charge in [-0.3, -0.25) is 0 Å². The van der Waals surface area contributed by atoms with Gasteiger partial charge in [0.05, 0.1) is 7.11 Å². The number of aromatic carboxylic acids is 1. The Bertz CT molecular complexity index is 611. The molecule has 2 aromatic rings. The maximum absolute atomic E-state index is 11.3. The third-order valence-electron chi connectivity index (χ3n) is 2.71. The first-order valence-corrected chi connectivity index (χ1v) is 6.97. The highest BCUT2D eigenvalue weighted by Crippen LogP contribution is 2.30. The molecule has 0 spiro atoms. The van der Waals surface area contributed by atoms with E-state index >= 15 is 0 Å². The van der Waals surface area contributed by atoms with Gasteiger partial charge in [0, 0.05) is 9.64 Å². The van der Waals surface area contributed by atoms with Crippen molar-refractivity contribution in [3.8, 4) is 11.5 Å². The Morgan fingerprint density at radius 1 is 1.25 bits per heavy atom. The monoisotopic (exact) mass is 384 g/mol. The third kappa shape index (κ3) is 3.41. The molecule has 0 saturated heterocycles. The first-order chi connectivity index (χ1) is 9.61. The number of methoxy groups -OCH3 is 1. The highest BCUT2D eigenvalue weighted by molar-refractivity contribution is 14.1. The number of hydrogen-bond acceptors (Lipinski definition) is 3. The fourth-order valence-electron chi connectivity index (χ4n) is 1.73. The summed E-state index contributed by atoms with van der Waals surface area (Å²) in [6.45, 7) is 0.310. The molecule has 2 rings (SSSR count). The van der Waals surface area contributed by atoms with Crippen LogP contribution in [0.3, 0.4) is 0 Å². The minimum Gasteiger partial charge on any atom is -0.497 e. The topological polar surface area (TPSA) is 55.8 Å². The SMILES string of the molecule is COc1cc(I)c(C(=O)O)c(OCc2ccccc2)c1. The van der Waals surface area contributed by atoms with Gasteiger partial charge in [-0.25, -0.2) is 4.79 Å². The molecule has 0 saturated carbocycles. The Kier molecular flexibility index (Phi) is 4.84. The van der Waals surface area contributed by atoms with Crippen molar-refractivity contribution in [2.75, 3.05) is 7.11 Å². The van der Waals surface area contributed by atoms with E-state index in [9.17, 15) is 9.90 Å². The largest absolute Gasteiger partial charge is 0.497 e. The second-order valence-electron chi connectivity index (χ2n) is 4.06. The van der Waals surface area contributed by atoms with Crippen LogP contribution in [0.5, 0.6) is 11.5 Å². The van der Waals surface area contributed by atoms with Crippen molar-refractivity contribution in [2.45, 2.75) is 6.61 Å². The third-order valence-corrected chi connectivity index (χ3v) is 3.57. The van der Waals surface area contributed by atoms with Crippen LogP contribution in [0.25, 0.3) is 0 Å². The molecule has 0 aliphatic rings. The molecule has 0 atom stereocenters. The summed E-state index contributed by atoms with van der Waals surface area (Å²) in [4.78, 5) is 11.3. The van der Waals surface area contributed by atoms with Gasteiger partial charge < -0.3 is 14.6 Å². The van der Waals surface area contributed by atoms with Crippen LogP contribution in [-0.4, -0.2) is 18.2 Å². The van der Waals surface area contributed by atoms with Crippen molar-refractivity contribution >= 4 is 28.6 Å². The highest BCUT2D eigenvalue weighted by Gasteiger charge is 2.17. The number of halogens is 1. The predicted octanol–water partition coefficient (Wildman–Crippen LogP) is 3.58. The van der Waals surface area contributed by atoms with E-state index in [1.165, 1.54) is 7.11 Å². The summed E-state index contributed by atoms with van der Waals surface area (Å²) in [5.74, 6) is -0.132. The maximum Gasteiger partial charge on any atom is 0.340 e. The van der Waals surface area contributed by atoms with Gasteiger partial charge in [-0.15, -0.1) is 0 Å². The van der Waals surface area contributed by atoms with Crippen molar-refractivity contribution in [1.29, 1.82) is 0 Å². The van der Waals surface area contributed by atoms with E-state index in [0.29, 0.717) is 21.7 Å². The normalized spacial score (nSPS) is 10.1. The lowest BCUT2D eigenvalue weighted by molar-refractivity contribution is 0.0690. The first-order valence-electron chi connectivity index (χ1n) is 5.89. The van der Waals surface area contributed by atoms with Crippen LogP contribution in [0.1, 0.15) is 15.9 Å². The van der Waals surface area contributed by atoms with Gasteiger partial charge in [0.1, 0.15) is 23.7 Å². The number of carboxylic acids is 1. The summed E-state index contributed by atoms with van der Waals surface area (Å²) in [6, 6.07) is 12.8. The Balaban J connectivity index is 2.29. The zero-order valence-electron chi connectivity index (χ0n) is 10.8. The van der Waals surface area contributed by atoms with E-state index in [1.54, 1.807) is 12.1 Å². The molecule has 0 unspecified atom stereocenters. The van der Waals surface area contributed by atoms with Crippen LogP contribution in [-0.2, 0) is 6.61 Å². The van der Waals surface area contributed by atoms with E-state index in [4.69, 9.17) is 9.47 Å². The minimum absolute atomic E-state index is 0.155. The lowest BCUT2D eigenvalue weighted by Crippen LogP contribution is -2.06. The van der Waals surface area contributed by atoms with Crippen molar-refractivity contribution in [2.24, 2.45) is 0 Å². The number of carbonyl (C=O) groups is 1. The van der Waals surface area contributed by atoms with E-state index < -0.39 is 5.97 Å². The molecule has 0 amide bonds. The highest BCUT2D eigenvalue weighted by atomic mass is 127. The summed E-state index contributed by atoms with van der Waals surface area (Å²) >= 11 is 1.96. The zero-order valence-corrected chi connectivity index (χ0v) is 13.0. The molecule has 0 heterocycles. The van der Waals surface area contributed by atoms with Crippen LogP contribution in [0.4, 0.5) is 0 Å². The van der Waals surface area contributed by atoms with Gasteiger partial charge >= 0.3 is 5.97 Å². The van der Waals surface area contributed by atoms with E-state index in [0.717, 1.165) is 5.56 Å². The molecule has 0 aromatic heterocycles. The molecule has 2 aromatic carbocycles. The van der Waals surface area contributed by atoms with Gasteiger partial charge in [0.25, 0.3) is 0 Å². The lowest BCUT2D eigenvalue weighted by atomic mass is 10.2. The number of benzene rings is 2. The zero-order chi connectivity index (χ0) is 14.5. The van der Waals surface area contributed by atoms with Crippen molar-refractivity contribution < 1.29 is 19.4 Å². The fourth-order valence-corrected chi connectivity index (χ4v) is 2.54. The van der Waals surface area contributed by atoms with Crippen molar-refractivity contribution in [3.05, 3.63) is 57.2 Å². The molecule has 5 heteroatoms. The van der Waals surface area contributed by atoms with Crippen LogP contribution in [0, 0.1) is 3.57 Å². The second kappa shape index (κ2) is 6.60. The number of carboxylic acid groups (broad SMARTS) is 1. The maximum atomic E-state index is 11.3. The van der Waals surface area contributed by atoms with Crippen molar-refractivity contribution in [1.82, 2.24) is 0 Å². The van der Waals surface area contributed by atoms with Crippen LogP contribution >= 0.6 is 22.6 Å². The second-order valence-corrected chi connectivity index (χ2v) is 5.22. The standard InChI is InChI=1S/C15H13IO4/c1-19-11-7-12(16)14(15(17)18)13(8-11)20-9-10-5-3-2-4-6-10/h2-8H,9H2,1H3,(H,17,18). The Labute approximate surface area is 130 Å². The summed E-state index contributed by atoms with van der Waals surface area (Å²) in [7, 11) is 1.53. The Morgan fingerprint density at radius 2 is 1.95 bits per heavy atom. The van der Waals surface area contributed by atoms with Gasteiger partial charge in [-0.05, 0) is 34.2 Å². The predicted molar refractivity (Wildman–Crippen MR) is 83.4 cm³/mol. The summed E-state index contributed by atoms with van der Waals surface area (Å²) in [6.07, 6.45) is 0. The van der Waals surface area contributed by atoms with Crippen molar-refractivity contribution in [3.63, 3.8) is 0 Å². The van der Waals surface area contributed by atoms with Gasteiger partial charge in [0.2, 0.25) is 0 Å².